The van der Waals surface area contributed by atoms with E-state index < -0.39 is 5.97 Å². The molecule has 0 aliphatic rings. The van der Waals surface area contributed by atoms with Crippen molar-refractivity contribution in [3.8, 4) is 0 Å². The lowest BCUT2D eigenvalue weighted by Gasteiger charge is -2.24. The van der Waals surface area contributed by atoms with Gasteiger partial charge in [0.15, 0.2) is 0 Å². The number of rotatable bonds is 12. The van der Waals surface area contributed by atoms with Crippen LogP contribution in [0.1, 0.15) is 57.9 Å². The van der Waals surface area contributed by atoms with Crippen LogP contribution in [0.5, 0.6) is 0 Å². The van der Waals surface area contributed by atoms with Crippen molar-refractivity contribution < 1.29 is 9.90 Å². The quantitative estimate of drug-likeness (QED) is 0.362. The number of hydrogen-bond donors (Lipinski definition) is 1. The second-order valence-corrected chi connectivity index (χ2v) is 6.85. The number of aliphatic carboxylic acids is 1. The molecule has 0 saturated carbocycles. The van der Waals surface area contributed by atoms with Gasteiger partial charge in [-0.15, -0.1) is 0 Å². The van der Waals surface area contributed by atoms with E-state index in [1.165, 1.54) is 31.4 Å². The summed E-state index contributed by atoms with van der Waals surface area (Å²) in [6.07, 6.45) is 7.98. The monoisotopic (exact) mass is 395 g/mol. The molecular formula is C20H30BrNO2. The van der Waals surface area contributed by atoms with E-state index in [9.17, 15) is 9.90 Å². The highest BCUT2D eigenvalue weighted by Crippen LogP contribution is 2.19. The van der Waals surface area contributed by atoms with Gasteiger partial charge in [-0.25, -0.2) is 4.79 Å². The number of carbonyl (C=O) groups is 1. The van der Waals surface area contributed by atoms with Gasteiger partial charge in [0.05, 0.1) is 0 Å². The molecule has 0 aromatic heterocycles. The Morgan fingerprint density at radius 1 is 1.08 bits per heavy atom. The first kappa shape index (κ1) is 20.8. The molecule has 0 amide bonds. The first-order chi connectivity index (χ1) is 11.6. The van der Waals surface area contributed by atoms with Crippen LogP contribution in [0.3, 0.4) is 0 Å². The molecule has 1 aromatic rings. The van der Waals surface area contributed by atoms with E-state index in [4.69, 9.17) is 0 Å². The van der Waals surface area contributed by atoms with Gasteiger partial charge in [0, 0.05) is 29.7 Å². The largest absolute Gasteiger partial charge is 0.478 e. The lowest BCUT2D eigenvalue weighted by molar-refractivity contribution is -0.132. The smallest absolute Gasteiger partial charge is 0.331 e. The number of carboxylic acid groups (broad SMARTS) is 1. The van der Waals surface area contributed by atoms with Crippen molar-refractivity contribution in [1.29, 1.82) is 0 Å². The zero-order chi connectivity index (χ0) is 17.8. The van der Waals surface area contributed by atoms with Crippen LogP contribution >= 0.6 is 15.9 Å². The Hall–Kier alpha value is -1.29. The molecule has 0 aliphatic heterocycles. The maximum Gasteiger partial charge on any atom is 0.331 e. The molecule has 0 bridgehead atoms. The molecule has 0 unspecified atom stereocenters. The number of benzene rings is 1. The highest BCUT2D eigenvalue weighted by Gasteiger charge is 2.08. The molecule has 0 aliphatic carbocycles. The Labute approximate surface area is 154 Å². The average molecular weight is 396 g/mol. The Morgan fingerprint density at radius 3 is 2.12 bits per heavy atom. The lowest BCUT2D eigenvalue weighted by atomic mass is 10.1. The summed E-state index contributed by atoms with van der Waals surface area (Å²) in [5.41, 5.74) is 2.65. The number of unbranched alkanes of at least 4 members (excludes halogenated alkanes) is 2. The van der Waals surface area contributed by atoms with Crippen molar-refractivity contribution in [2.75, 3.05) is 23.3 Å². The molecule has 0 spiro atoms. The van der Waals surface area contributed by atoms with Crippen LogP contribution in [0.4, 0.5) is 5.69 Å². The van der Waals surface area contributed by atoms with Crippen molar-refractivity contribution in [2.45, 2.75) is 52.4 Å². The van der Waals surface area contributed by atoms with Gasteiger partial charge in [-0.2, -0.15) is 0 Å². The number of nitrogens with zero attached hydrogens (tertiary/aromatic N) is 1. The molecule has 1 N–H and O–H groups in total. The van der Waals surface area contributed by atoms with E-state index in [1.807, 2.05) is 12.1 Å². The van der Waals surface area contributed by atoms with E-state index in [1.54, 1.807) is 6.08 Å². The summed E-state index contributed by atoms with van der Waals surface area (Å²) in [6, 6.07) is 8.27. The lowest BCUT2D eigenvalue weighted by Crippen LogP contribution is -2.25. The number of alkyl halides is 1. The van der Waals surface area contributed by atoms with Gasteiger partial charge < -0.3 is 10.0 Å². The second kappa shape index (κ2) is 12.1. The van der Waals surface area contributed by atoms with Gasteiger partial charge in [-0.05, 0) is 49.5 Å². The molecule has 4 heteroatoms. The molecule has 0 heterocycles. The summed E-state index contributed by atoms with van der Waals surface area (Å²) in [5.74, 6) is -0.826. The zero-order valence-electron chi connectivity index (χ0n) is 14.9. The normalized spacial score (nSPS) is 11.5. The molecule has 0 atom stereocenters. The van der Waals surface area contributed by atoms with Crippen molar-refractivity contribution in [3.63, 3.8) is 0 Å². The fourth-order valence-electron chi connectivity index (χ4n) is 2.55. The van der Waals surface area contributed by atoms with Crippen LogP contribution in [0.25, 0.3) is 6.08 Å². The van der Waals surface area contributed by atoms with Crippen molar-refractivity contribution in [3.05, 3.63) is 35.4 Å². The summed E-state index contributed by atoms with van der Waals surface area (Å²) < 4.78 is 0. The first-order valence-electron chi connectivity index (χ1n) is 8.97. The van der Waals surface area contributed by atoms with E-state index in [0.29, 0.717) is 12.0 Å². The van der Waals surface area contributed by atoms with Crippen LogP contribution in [-0.2, 0) is 4.79 Å². The highest BCUT2D eigenvalue weighted by molar-refractivity contribution is 9.09. The van der Waals surface area contributed by atoms with Crippen molar-refractivity contribution in [2.24, 2.45) is 0 Å². The van der Waals surface area contributed by atoms with Crippen LogP contribution in [-0.4, -0.2) is 29.5 Å². The average Bonchev–Trinajstić information content (AvgIpc) is 2.59. The summed E-state index contributed by atoms with van der Waals surface area (Å²) in [7, 11) is 0. The molecule has 24 heavy (non-hydrogen) atoms. The fraction of sp³-hybridized carbons (Fsp3) is 0.550. The van der Waals surface area contributed by atoms with E-state index in [-0.39, 0.29) is 0 Å². The Morgan fingerprint density at radius 2 is 1.67 bits per heavy atom. The summed E-state index contributed by atoms with van der Waals surface area (Å²) in [4.78, 5) is 13.8. The third kappa shape index (κ3) is 7.52. The van der Waals surface area contributed by atoms with Gasteiger partial charge in [0.25, 0.3) is 0 Å². The molecule has 1 aromatic carbocycles. The van der Waals surface area contributed by atoms with Crippen LogP contribution < -0.4 is 4.90 Å². The van der Waals surface area contributed by atoms with Gasteiger partial charge in [-0.3, -0.25) is 0 Å². The summed E-state index contributed by atoms with van der Waals surface area (Å²) >= 11 is 3.35. The molecule has 0 radical (unpaired) electrons. The predicted molar refractivity (Wildman–Crippen MR) is 107 cm³/mol. The van der Waals surface area contributed by atoms with Gasteiger partial charge >= 0.3 is 5.97 Å². The van der Waals surface area contributed by atoms with E-state index in [2.05, 4.69) is 46.8 Å². The maximum atomic E-state index is 11.3. The molecule has 0 saturated heterocycles. The van der Waals surface area contributed by atoms with E-state index in [0.717, 1.165) is 30.4 Å². The van der Waals surface area contributed by atoms with Gasteiger partial charge in [-0.1, -0.05) is 54.8 Å². The number of hydrogen-bond acceptors (Lipinski definition) is 2. The molecule has 3 nitrogen and oxygen atoms in total. The fourth-order valence-corrected chi connectivity index (χ4v) is 2.83. The maximum absolute atomic E-state index is 11.3. The van der Waals surface area contributed by atoms with Crippen LogP contribution in [0.2, 0.25) is 0 Å². The Kier molecular flexibility index (Phi) is 10.5. The molecule has 0 fully saturated rings. The molecular weight excluding hydrogens is 366 g/mol. The van der Waals surface area contributed by atoms with Crippen molar-refractivity contribution in [1.82, 2.24) is 0 Å². The van der Waals surface area contributed by atoms with Gasteiger partial charge in [0.2, 0.25) is 0 Å². The minimum absolute atomic E-state index is 0.469. The molecule has 134 valence electrons. The topological polar surface area (TPSA) is 40.5 Å². The predicted octanol–water partition coefficient (Wildman–Crippen LogP) is 5.74. The minimum atomic E-state index is -0.826. The Balaban J connectivity index is 2.85. The minimum Gasteiger partial charge on any atom is -0.478 e. The van der Waals surface area contributed by atoms with Gasteiger partial charge in [0.1, 0.15) is 0 Å². The van der Waals surface area contributed by atoms with Crippen LogP contribution in [0, 0.1) is 0 Å². The third-order valence-corrected chi connectivity index (χ3v) is 4.58. The van der Waals surface area contributed by atoms with Crippen LogP contribution in [0.15, 0.2) is 29.8 Å². The Bertz CT molecular complexity index is 503. The first-order valence-corrected chi connectivity index (χ1v) is 10.1. The summed E-state index contributed by atoms with van der Waals surface area (Å²) in [6.45, 7) is 6.59. The number of carboxylic acids is 1. The number of anilines is 1. The SMILES string of the molecule is CCCCN(CCCC)c1ccc(C=C(CCCBr)C(=O)O)cc1. The second-order valence-electron chi connectivity index (χ2n) is 6.05. The number of halogens is 1. The van der Waals surface area contributed by atoms with E-state index >= 15 is 0 Å². The zero-order valence-corrected chi connectivity index (χ0v) is 16.5. The highest BCUT2D eigenvalue weighted by atomic mass is 79.9. The van der Waals surface area contributed by atoms with Crippen molar-refractivity contribution >= 4 is 33.7 Å². The summed E-state index contributed by atoms with van der Waals surface area (Å²) in [5, 5.41) is 10.1. The third-order valence-electron chi connectivity index (χ3n) is 4.02. The standard InChI is InChI=1S/C20H30BrNO2/c1-3-5-14-22(15-6-4-2)19-11-9-17(10-12-19)16-18(20(23)24)8-7-13-21/h9-12,16H,3-8,13-15H2,1-2H3,(H,23,24). The molecule has 1 rings (SSSR count).